The van der Waals surface area contributed by atoms with E-state index >= 15 is 0 Å². The van der Waals surface area contributed by atoms with E-state index in [1.165, 1.54) is 0 Å². The summed E-state index contributed by atoms with van der Waals surface area (Å²) in [6.45, 7) is 8.35. The molecule has 0 N–H and O–H groups in total. The maximum Gasteiger partial charge on any atom is 0.355 e. The zero-order chi connectivity index (χ0) is 17.4. The maximum absolute atomic E-state index is 12.6. The van der Waals surface area contributed by atoms with Gasteiger partial charge in [0.2, 0.25) is 0 Å². The normalized spacial score (nSPS) is 14.7. The van der Waals surface area contributed by atoms with Gasteiger partial charge >= 0.3 is 6.03 Å². The van der Waals surface area contributed by atoms with Crippen LogP contribution in [-0.2, 0) is 11.2 Å². The molecule has 2 aromatic rings. The fourth-order valence-electron chi connectivity index (χ4n) is 3.35. The maximum atomic E-state index is 12.6. The minimum Gasteiger partial charge on any atom is -0.346 e. The molecule has 0 saturated carbocycles. The molecule has 1 aromatic heterocycles. The van der Waals surface area contributed by atoms with Gasteiger partial charge in [0.05, 0.1) is 5.69 Å². The number of carbonyl (C=O) groups is 2. The first-order valence-electron chi connectivity index (χ1n) is 8.08. The van der Waals surface area contributed by atoms with Crippen molar-refractivity contribution in [2.75, 3.05) is 4.90 Å². The summed E-state index contributed by atoms with van der Waals surface area (Å²) in [4.78, 5) is 29.9. The van der Waals surface area contributed by atoms with Crippen LogP contribution in [0.4, 0.5) is 10.5 Å². The average Bonchev–Trinajstić information content (AvgIpc) is 2.96. The molecule has 0 atom stereocenters. The van der Waals surface area contributed by atoms with Crippen LogP contribution in [0.25, 0.3) is 0 Å². The van der Waals surface area contributed by atoms with Gasteiger partial charge in [-0.15, -0.1) is 0 Å². The van der Waals surface area contributed by atoms with Gasteiger partial charge < -0.3 is 4.57 Å². The lowest BCUT2D eigenvalue weighted by Crippen LogP contribution is -2.33. The Hall–Kier alpha value is -2.69. The lowest BCUT2D eigenvalue weighted by atomic mass is 10.1. The minimum absolute atomic E-state index is 0.299. The molecular weight excluding hydrogens is 302 g/mol. The lowest BCUT2D eigenvalue weighted by molar-refractivity contribution is -0.111. The van der Waals surface area contributed by atoms with E-state index in [1.807, 2.05) is 13.0 Å². The predicted molar refractivity (Wildman–Crippen MR) is 94.8 cm³/mol. The molecule has 24 heavy (non-hydrogen) atoms. The van der Waals surface area contributed by atoms with Gasteiger partial charge in [0.15, 0.2) is 0 Å². The summed E-state index contributed by atoms with van der Waals surface area (Å²) in [7, 11) is 0. The Labute approximate surface area is 141 Å². The van der Waals surface area contributed by atoms with Crippen LogP contribution in [0.5, 0.6) is 0 Å². The fraction of sp³-hybridized carbons (Fsp3) is 0.316. The van der Waals surface area contributed by atoms with Gasteiger partial charge in [-0.1, -0.05) is 18.2 Å². The van der Waals surface area contributed by atoms with Crippen molar-refractivity contribution in [3.8, 4) is 0 Å². The van der Waals surface area contributed by atoms with Crippen LogP contribution < -0.4 is 4.90 Å². The van der Waals surface area contributed by atoms with Crippen LogP contribution in [0.15, 0.2) is 41.4 Å². The quantitative estimate of drug-likeness (QED) is 0.858. The van der Waals surface area contributed by atoms with Gasteiger partial charge in [0, 0.05) is 23.9 Å². The molecule has 124 valence electrons. The summed E-state index contributed by atoms with van der Waals surface area (Å²) in [6, 6.07) is 10.8. The molecule has 0 saturated heterocycles. The van der Waals surface area contributed by atoms with Crippen molar-refractivity contribution >= 4 is 23.3 Å². The number of anilines is 1. The van der Waals surface area contributed by atoms with E-state index in [-0.39, 0.29) is 5.91 Å². The molecule has 0 spiro atoms. The number of amides is 3. The molecule has 2 heterocycles. The molecule has 5 nitrogen and oxygen atoms in total. The van der Waals surface area contributed by atoms with Crippen LogP contribution in [0.1, 0.15) is 36.8 Å². The molecule has 0 radical (unpaired) electrons. The SMILES string of the molecule is Cc1cc(CC2=NC(=O)N(c3ccccc3)C2=O)c(C)n1C(C)C. The third-order valence-electron chi connectivity index (χ3n) is 4.35. The van der Waals surface area contributed by atoms with E-state index in [9.17, 15) is 9.59 Å². The number of hydrogen-bond acceptors (Lipinski definition) is 2. The number of carbonyl (C=O) groups excluding carboxylic acids is 2. The number of aryl methyl sites for hydroxylation is 1. The Morgan fingerprint density at radius 3 is 2.33 bits per heavy atom. The first-order valence-corrected chi connectivity index (χ1v) is 8.08. The monoisotopic (exact) mass is 323 g/mol. The highest BCUT2D eigenvalue weighted by molar-refractivity contribution is 6.53. The fourth-order valence-corrected chi connectivity index (χ4v) is 3.35. The Bertz CT molecular complexity index is 832. The highest BCUT2D eigenvalue weighted by atomic mass is 16.2. The molecule has 1 aliphatic rings. The van der Waals surface area contributed by atoms with Gasteiger partial charge in [-0.3, -0.25) is 4.79 Å². The second-order valence-electron chi connectivity index (χ2n) is 6.35. The summed E-state index contributed by atoms with van der Waals surface area (Å²) >= 11 is 0. The van der Waals surface area contributed by atoms with E-state index in [4.69, 9.17) is 0 Å². The third kappa shape index (κ3) is 2.66. The molecular formula is C19H21N3O2. The van der Waals surface area contributed by atoms with Crippen LogP contribution in [0.2, 0.25) is 0 Å². The van der Waals surface area contributed by atoms with E-state index in [1.54, 1.807) is 24.3 Å². The summed E-state index contributed by atoms with van der Waals surface area (Å²) in [6.07, 6.45) is 0.375. The highest BCUT2D eigenvalue weighted by Crippen LogP contribution is 2.24. The van der Waals surface area contributed by atoms with Crippen molar-refractivity contribution < 1.29 is 9.59 Å². The zero-order valence-electron chi connectivity index (χ0n) is 14.4. The van der Waals surface area contributed by atoms with Crippen molar-refractivity contribution in [3.63, 3.8) is 0 Å². The number of urea groups is 1. The molecule has 1 aliphatic heterocycles. The van der Waals surface area contributed by atoms with E-state index < -0.39 is 6.03 Å². The minimum atomic E-state index is -0.515. The van der Waals surface area contributed by atoms with Gasteiger partial charge in [-0.2, -0.15) is 4.99 Å². The Morgan fingerprint density at radius 1 is 1.08 bits per heavy atom. The molecule has 0 aliphatic carbocycles. The number of imide groups is 1. The van der Waals surface area contributed by atoms with Gasteiger partial charge in [-0.25, -0.2) is 9.69 Å². The Balaban J connectivity index is 1.88. The van der Waals surface area contributed by atoms with E-state index in [2.05, 4.69) is 36.4 Å². The van der Waals surface area contributed by atoms with Gasteiger partial charge in [-0.05, 0) is 51.5 Å². The topological polar surface area (TPSA) is 54.7 Å². The van der Waals surface area contributed by atoms with Gasteiger partial charge in [0.25, 0.3) is 5.91 Å². The number of para-hydroxylation sites is 1. The number of benzene rings is 1. The van der Waals surface area contributed by atoms with E-state index in [0.29, 0.717) is 23.9 Å². The first-order chi connectivity index (χ1) is 11.4. The third-order valence-corrected chi connectivity index (χ3v) is 4.35. The Kier molecular flexibility index (Phi) is 4.09. The molecule has 1 aromatic carbocycles. The van der Waals surface area contributed by atoms with Crippen molar-refractivity contribution in [1.29, 1.82) is 0 Å². The number of aromatic nitrogens is 1. The van der Waals surface area contributed by atoms with Crippen molar-refractivity contribution in [2.45, 2.75) is 40.2 Å². The van der Waals surface area contributed by atoms with Crippen LogP contribution in [-0.4, -0.2) is 22.2 Å². The predicted octanol–water partition coefficient (Wildman–Crippen LogP) is 3.84. The first kappa shape index (κ1) is 16.2. The largest absolute Gasteiger partial charge is 0.355 e. The van der Waals surface area contributed by atoms with Crippen molar-refractivity contribution in [3.05, 3.63) is 53.3 Å². The van der Waals surface area contributed by atoms with E-state index in [0.717, 1.165) is 21.9 Å². The molecule has 0 fully saturated rings. The standard InChI is InChI=1S/C19H21N3O2/c1-12(2)21-13(3)10-15(14(21)4)11-17-18(23)22(19(24)20-17)16-8-6-5-7-9-16/h5-10,12H,11H2,1-4H3. The smallest absolute Gasteiger partial charge is 0.346 e. The van der Waals surface area contributed by atoms with Gasteiger partial charge in [0.1, 0.15) is 5.71 Å². The average molecular weight is 323 g/mol. The molecule has 3 amide bonds. The van der Waals surface area contributed by atoms with Crippen LogP contribution >= 0.6 is 0 Å². The summed E-state index contributed by atoms with van der Waals surface area (Å²) < 4.78 is 2.23. The molecule has 0 unspecified atom stereocenters. The zero-order valence-corrected chi connectivity index (χ0v) is 14.4. The lowest BCUT2D eigenvalue weighted by Gasteiger charge is -2.14. The second-order valence-corrected chi connectivity index (χ2v) is 6.35. The van der Waals surface area contributed by atoms with Crippen LogP contribution in [0, 0.1) is 13.8 Å². The van der Waals surface area contributed by atoms with Crippen molar-refractivity contribution in [2.24, 2.45) is 4.99 Å². The Morgan fingerprint density at radius 2 is 1.75 bits per heavy atom. The molecule has 3 rings (SSSR count). The summed E-state index contributed by atoms with van der Waals surface area (Å²) in [5.41, 5.74) is 4.15. The molecule has 0 bridgehead atoms. The second kappa shape index (κ2) is 6.07. The number of hydrogen-bond donors (Lipinski definition) is 0. The van der Waals surface area contributed by atoms with Crippen molar-refractivity contribution in [1.82, 2.24) is 4.57 Å². The highest BCUT2D eigenvalue weighted by Gasteiger charge is 2.34. The summed E-state index contributed by atoms with van der Waals surface area (Å²) in [5.74, 6) is -0.333. The summed E-state index contributed by atoms with van der Waals surface area (Å²) in [5, 5.41) is 0. The number of nitrogens with zero attached hydrogens (tertiary/aromatic N) is 3. The number of rotatable bonds is 4. The van der Waals surface area contributed by atoms with Crippen LogP contribution in [0.3, 0.4) is 0 Å². The number of aliphatic imine (C=N–C) groups is 1. The molecule has 5 heteroatoms.